The van der Waals surface area contributed by atoms with Crippen LogP contribution in [0.5, 0.6) is 0 Å². The molecule has 2 rings (SSSR count). The fourth-order valence-electron chi connectivity index (χ4n) is 1.68. The molecule has 6 heteroatoms. The normalized spacial score (nSPS) is 10.5. The Balaban J connectivity index is 1.80. The summed E-state index contributed by atoms with van der Waals surface area (Å²) < 4.78 is 4.85. The van der Waals surface area contributed by atoms with E-state index in [2.05, 4.69) is 5.32 Å². The zero-order chi connectivity index (χ0) is 16.7. The second kappa shape index (κ2) is 8.36. The first-order chi connectivity index (χ1) is 11.0. The largest absolute Gasteiger partial charge is 0.452 e. The van der Waals surface area contributed by atoms with Crippen LogP contribution in [-0.4, -0.2) is 18.5 Å². The molecule has 0 saturated carbocycles. The molecule has 118 valence electrons. The SMILES string of the molecule is O=C(COC(=O)C=Cc1ccccc1)Nc1ccc(Cl)c(Cl)c1. The van der Waals surface area contributed by atoms with E-state index in [1.54, 1.807) is 18.2 Å². The van der Waals surface area contributed by atoms with Gasteiger partial charge in [-0.25, -0.2) is 4.79 Å². The van der Waals surface area contributed by atoms with Crippen LogP contribution >= 0.6 is 23.2 Å². The van der Waals surface area contributed by atoms with Crippen LogP contribution in [0, 0.1) is 0 Å². The van der Waals surface area contributed by atoms with Crippen LogP contribution in [0.25, 0.3) is 6.08 Å². The second-order valence-corrected chi connectivity index (χ2v) is 5.34. The first-order valence-electron chi connectivity index (χ1n) is 6.69. The van der Waals surface area contributed by atoms with E-state index >= 15 is 0 Å². The molecule has 0 atom stereocenters. The minimum Gasteiger partial charge on any atom is -0.452 e. The van der Waals surface area contributed by atoms with Crippen LogP contribution in [0.15, 0.2) is 54.6 Å². The number of carbonyl (C=O) groups excluding carboxylic acids is 2. The highest BCUT2D eigenvalue weighted by atomic mass is 35.5. The van der Waals surface area contributed by atoms with E-state index in [1.165, 1.54) is 12.1 Å². The number of anilines is 1. The number of nitrogens with one attached hydrogen (secondary N) is 1. The third-order valence-electron chi connectivity index (χ3n) is 2.76. The number of benzene rings is 2. The van der Waals surface area contributed by atoms with E-state index in [4.69, 9.17) is 27.9 Å². The van der Waals surface area contributed by atoms with E-state index in [-0.39, 0.29) is 0 Å². The number of halogens is 2. The highest BCUT2D eigenvalue weighted by Gasteiger charge is 2.07. The standard InChI is InChI=1S/C17H13Cl2NO3/c18-14-8-7-13(10-15(14)19)20-16(21)11-23-17(22)9-6-12-4-2-1-3-5-12/h1-10H,11H2,(H,20,21). The summed E-state index contributed by atoms with van der Waals surface area (Å²) in [7, 11) is 0. The molecule has 0 spiro atoms. The maximum absolute atomic E-state index is 11.7. The zero-order valence-electron chi connectivity index (χ0n) is 12.0. The number of hydrogen-bond acceptors (Lipinski definition) is 3. The predicted molar refractivity (Wildman–Crippen MR) is 91.5 cm³/mol. The molecule has 0 aliphatic carbocycles. The Labute approximate surface area is 143 Å². The average Bonchev–Trinajstić information content (AvgIpc) is 2.55. The first kappa shape index (κ1) is 17.1. The predicted octanol–water partition coefficient (Wildman–Crippen LogP) is 4.19. The summed E-state index contributed by atoms with van der Waals surface area (Å²) in [6, 6.07) is 14.0. The van der Waals surface area contributed by atoms with Gasteiger partial charge in [-0.2, -0.15) is 0 Å². The van der Waals surface area contributed by atoms with Crippen molar-refractivity contribution in [2.24, 2.45) is 0 Å². The number of esters is 1. The minimum atomic E-state index is -0.599. The Kier molecular flexibility index (Phi) is 6.20. The lowest BCUT2D eigenvalue weighted by Crippen LogP contribution is -2.20. The summed E-state index contributed by atoms with van der Waals surface area (Å²) in [4.78, 5) is 23.2. The fraction of sp³-hybridized carbons (Fsp3) is 0.0588. The summed E-state index contributed by atoms with van der Waals surface area (Å²) in [5, 5.41) is 3.27. The number of amides is 1. The van der Waals surface area contributed by atoms with Crippen molar-refractivity contribution in [3.63, 3.8) is 0 Å². The molecule has 1 amide bonds. The summed E-state index contributed by atoms with van der Waals surface area (Å²) in [6.45, 7) is -0.391. The molecule has 2 aromatic carbocycles. The van der Waals surface area contributed by atoms with Crippen molar-refractivity contribution in [2.45, 2.75) is 0 Å². The number of rotatable bonds is 5. The van der Waals surface area contributed by atoms with Gasteiger partial charge in [-0.15, -0.1) is 0 Å². The Bertz CT molecular complexity index is 730. The summed E-state index contributed by atoms with van der Waals surface area (Å²) in [5.74, 6) is -1.07. The molecule has 0 aromatic heterocycles. The van der Waals surface area contributed by atoms with Gasteiger partial charge in [0.25, 0.3) is 5.91 Å². The minimum absolute atomic E-state index is 0.326. The summed E-state index contributed by atoms with van der Waals surface area (Å²) in [6.07, 6.45) is 2.88. The molecule has 0 fully saturated rings. The van der Waals surface area contributed by atoms with Gasteiger partial charge >= 0.3 is 5.97 Å². The Hall–Kier alpha value is -2.30. The second-order valence-electron chi connectivity index (χ2n) is 4.53. The van der Waals surface area contributed by atoms with E-state index in [0.717, 1.165) is 5.56 Å². The van der Waals surface area contributed by atoms with Gasteiger partial charge in [0.2, 0.25) is 0 Å². The van der Waals surface area contributed by atoms with Crippen LogP contribution in [0.4, 0.5) is 5.69 Å². The van der Waals surface area contributed by atoms with Crippen molar-refractivity contribution in [1.29, 1.82) is 0 Å². The van der Waals surface area contributed by atoms with E-state index in [9.17, 15) is 9.59 Å². The Morgan fingerprint density at radius 3 is 2.48 bits per heavy atom. The maximum atomic E-state index is 11.7. The smallest absolute Gasteiger partial charge is 0.331 e. The third kappa shape index (κ3) is 5.77. The quantitative estimate of drug-likeness (QED) is 0.650. The van der Waals surface area contributed by atoms with Crippen molar-refractivity contribution in [3.8, 4) is 0 Å². The molecular formula is C17H13Cl2NO3. The van der Waals surface area contributed by atoms with Crippen LogP contribution in [0.1, 0.15) is 5.56 Å². The van der Waals surface area contributed by atoms with Gasteiger partial charge in [-0.05, 0) is 29.8 Å². The van der Waals surface area contributed by atoms with Crippen molar-refractivity contribution in [1.82, 2.24) is 0 Å². The van der Waals surface area contributed by atoms with Crippen molar-refractivity contribution < 1.29 is 14.3 Å². The van der Waals surface area contributed by atoms with E-state index < -0.39 is 18.5 Å². The molecule has 0 radical (unpaired) electrons. The van der Waals surface area contributed by atoms with E-state index in [0.29, 0.717) is 15.7 Å². The molecular weight excluding hydrogens is 337 g/mol. The number of hydrogen-bond donors (Lipinski definition) is 1. The van der Waals surface area contributed by atoms with Crippen molar-refractivity contribution >= 4 is 46.8 Å². The first-order valence-corrected chi connectivity index (χ1v) is 7.45. The van der Waals surface area contributed by atoms with Gasteiger partial charge in [-0.3, -0.25) is 4.79 Å². The zero-order valence-corrected chi connectivity index (χ0v) is 13.5. The lowest BCUT2D eigenvalue weighted by Gasteiger charge is -2.06. The molecule has 0 aliphatic rings. The highest BCUT2D eigenvalue weighted by Crippen LogP contribution is 2.24. The molecule has 23 heavy (non-hydrogen) atoms. The molecule has 0 aliphatic heterocycles. The average molecular weight is 350 g/mol. The summed E-state index contributed by atoms with van der Waals surface area (Å²) >= 11 is 11.6. The molecule has 0 saturated heterocycles. The van der Waals surface area contributed by atoms with Gasteiger partial charge < -0.3 is 10.1 Å². The molecule has 1 N–H and O–H groups in total. The van der Waals surface area contributed by atoms with Crippen LogP contribution in [0.3, 0.4) is 0 Å². The van der Waals surface area contributed by atoms with Crippen LogP contribution < -0.4 is 5.32 Å². The van der Waals surface area contributed by atoms with Gasteiger partial charge in [0.15, 0.2) is 6.61 Å². The third-order valence-corrected chi connectivity index (χ3v) is 3.50. The monoisotopic (exact) mass is 349 g/mol. The van der Waals surface area contributed by atoms with Gasteiger partial charge in [0.05, 0.1) is 10.0 Å². The topological polar surface area (TPSA) is 55.4 Å². The van der Waals surface area contributed by atoms with Crippen molar-refractivity contribution in [2.75, 3.05) is 11.9 Å². The molecule has 0 heterocycles. The number of carbonyl (C=O) groups is 2. The van der Waals surface area contributed by atoms with E-state index in [1.807, 2.05) is 30.3 Å². The summed E-state index contributed by atoms with van der Waals surface area (Å²) in [5.41, 5.74) is 1.34. The molecule has 0 bridgehead atoms. The Morgan fingerprint density at radius 1 is 1.04 bits per heavy atom. The van der Waals surface area contributed by atoms with Crippen molar-refractivity contribution in [3.05, 3.63) is 70.2 Å². The molecule has 0 unspecified atom stereocenters. The lowest BCUT2D eigenvalue weighted by atomic mass is 10.2. The molecule has 4 nitrogen and oxygen atoms in total. The van der Waals surface area contributed by atoms with Gasteiger partial charge in [-0.1, -0.05) is 53.5 Å². The van der Waals surface area contributed by atoms with Crippen LogP contribution in [-0.2, 0) is 14.3 Å². The fourth-order valence-corrected chi connectivity index (χ4v) is 1.98. The molecule has 2 aromatic rings. The maximum Gasteiger partial charge on any atom is 0.331 e. The Morgan fingerprint density at radius 2 is 1.78 bits per heavy atom. The lowest BCUT2D eigenvalue weighted by molar-refractivity contribution is -0.142. The number of ether oxygens (including phenoxy) is 1. The highest BCUT2D eigenvalue weighted by molar-refractivity contribution is 6.42. The van der Waals surface area contributed by atoms with Crippen LogP contribution in [0.2, 0.25) is 10.0 Å². The van der Waals surface area contributed by atoms with Gasteiger partial charge in [0, 0.05) is 11.8 Å². The van der Waals surface area contributed by atoms with Gasteiger partial charge in [0.1, 0.15) is 0 Å².